The van der Waals surface area contributed by atoms with Gasteiger partial charge in [0, 0.05) is 52.5 Å². The van der Waals surface area contributed by atoms with Crippen molar-refractivity contribution in [3.8, 4) is 0 Å². The summed E-state index contributed by atoms with van der Waals surface area (Å²) < 4.78 is 12.0. The number of carboxylic acid groups (broad SMARTS) is 1. The monoisotopic (exact) mass is 741 g/mol. The summed E-state index contributed by atoms with van der Waals surface area (Å²) in [7, 11) is 6.71. The van der Waals surface area contributed by atoms with Gasteiger partial charge in [0.05, 0.1) is 42.7 Å². The van der Waals surface area contributed by atoms with E-state index >= 15 is 0 Å². The van der Waals surface area contributed by atoms with Gasteiger partial charge in [-0.05, 0) is 62.5 Å². The third-order valence-corrected chi connectivity index (χ3v) is 12.0. The number of hydrogen-bond acceptors (Lipinski definition) is 8. The number of Topliss-reactive ketones (excluding diaryl/α,β-unsaturated/α-hetero) is 2. The number of nitrogens with zero attached hydrogens (tertiary/aromatic N) is 2. The lowest BCUT2D eigenvalue weighted by molar-refractivity contribution is -0.149. The van der Waals surface area contributed by atoms with Crippen molar-refractivity contribution in [3.63, 3.8) is 0 Å². The molecule has 11 heteroatoms. The largest absolute Gasteiger partial charge is 0.481 e. The molecule has 0 bridgehead atoms. The van der Waals surface area contributed by atoms with E-state index in [0.717, 1.165) is 37.7 Å². The van der Waals surface area contributed by atoms with E-state index in [1.165, 1.54) is 0 Å². The minimum Gasteiger partial charge on any atom is -0.481 e. The molecule has 8 atom stereocenters. The van der Waals surface area contributed by atoms with E-state index in [4.69, 9.17) is 9.47 Å². The van der Waals surface area contributed by atoms with Crippen LogP contribution in [0.2, 0.25) is 0 Å². The molecule has 11 nitrogen and oxygen atoms in total. The highest BCUT2D eigenvalue weighted by Crippen LogP contribution is 2.36. The maximum Gasteiger partial charge on any atom is 0.307 e. The van der Waals surface area contributed by atoms with Crippen LogP contribution in [-0.4, -0.2) is 109 Å². The van der Waals surface area contributed by atoms with Gasteiger partial charge in [0.2, 0.25) is 11.8 Å². The fourth-order valence-electron chi connectivity index (χ4n) is 8.92. The summed E-state index contributed by atoms with van der Waals surface area (Å²) in [5, 5.41) is 13.1. The summed E-state index contributed by atoms with van der Waals surface area (Å²) in [6.07, 6.45) is 4.50. The van der Waals surface area contributed by atoms with Gasteiger partial charge in [-0.2, -0.15) is 0 Å². The second-order valence-electron chi connectivity index (χ2n) is 16.2. The number of ether oxygens (including phenoxy) is 2. The normalized spacial score (nSPS) is 20.5. The van der Waals surface area contributed by atoms with Gasteiger partial charge in [-0.3, -0.25) is 24.0 Å². The molecule has 0 unspecified atom stereocenters. The molecule has 53 heavy (non-hydrogen) atoms. The molecule has 1 heterocycles. The molecule has 1 saturated heterocycles. The first-order valence-corrected chi connectivity index (χ1v) is 19.8. The fraction of sp³-hybridized carbons (Fsp3) is 0.738. The molecule has 298 valence electrons. The Bertz CT molecular complexity index is 1350. The zero-order chi connectivity index (χ0) is 39.4. The smallest absolute Gasteiger partial charge is 0.307 e. The summed E-state index contributed by atoms with van der Waals surface area (Å²) in [6.45, 7) is 10.2. The Morgan fingerprint density at radius 2 is 1.51 bits per heavy atom. The number of carbonyl (C=O) groups excluding carboxylic acids is 4. The van der Waals surface area contributed by atoms with Gasteiger partial charge < -0.3 is 29.7 Å². The van der Waals surface area contributed by atoms with Crippen LogP contribution in [-0.2, 0) is 39.9 Å². The minimum atomic E-state index is -1.02. The number of methoxy groups -OCH3 is 2. The molecule has 0 radical (unpaired) electrons. The van der Waals surface area contributed by atoms with E-state index in [-0.39, 0.29) is 84.9 Å². The quantitative estimate of drug-likeness (QED) is 0.159. The maximum atomic E-state index is 14.3. The lowest BCUT2D eigenvalue weighted by Gasteiger charge is -2.41. The van der Waals surface area contributed by atoms with Crippen molar-refractivity contribution in [2.45, 2.75) is 129 Å². The Labute approximate surface area is 317 Å². The first kappa shape index (κ1) is 44.2. The Kier molecular flexibility index (Phi) is 17.6. The highest BCUT2D eigenvalue weighted by molar-refractivity contribution is 5.90. The Morgan fingerprint density at radius 1 is 0.868 bits per heavy atom. The molecule has 1 aliphatic carbocycles. The number of carboxylic acids is 1. The van der Waals surface area contributed by atoms with Crippen LogP contribution >= 0.6 is 0 Å². The standard InChI is InChI=1S/C42H67N3O8/c1-26(2)32(24-35(47)38(43-6)27(3)4)41(49)44(7)39(30-18-13-14-19-30)36(52-8)25-37(48)45-21-15-20-33(45)40(53-9)28(5)34(46)23-31(42(50)51)22-29-16-11-10-12-17-29/h10-12,16-17,26-28,30-33,36,38-40,43H,13-15,18-25H2,1-9H3,(H,50,51)/t28-,31+,32-,33-,36+,38-,39-,40+/m0/s1. The third-order valence-electron chi connectivity index (χ3n) is 12.0. The number of aliphatic carboxylic acids is 1. The van der Waals surface area contributed by atoms with Gasteiger partial charge in [-0.15, -0.1) is 0 Å². The van der Waals surface area contributed by atoms with Gasteiger partial charge >= 0.3 is 5.97 Å². The molecule has 2 fully saturated rings. The van der Waals surface area contributed by atoms with Crippen LogP contribution in [0.3, 0.4) is 0 Å². The molecule has 1 saturated carbocycles. The molecule has 3 rings (SSSR count). The van der Waals surface area contributed by atoms with Gasteiger partial charge in [-0.1, -0.05) is 77.8 Å². The van der Waals surface area contributed by atoms with E-state index in [9.17, 15) is 29.1 Å². The van der Waals surface area contributed by atoms with Crippen LogP contribution < -0.4 is 5.32 Å². The van der Waals surface area contributed by atoms with Gasteiger partial charge in [0.1, 0.15) is 5.78 Å². The molecule has 1 aromatic carbocycles. The van der Waals surface area contributed by atoms with Crippen LogP contribution in [0.1, 0.15) is 98.0 Å². The van der Waals surface area contributed by atoms with Crippen molar-refractivity contribution in [3.05, 3.63) is 35.9 Å². The summed E-state index contributed by atoms with van der Waals surface area (Å²) in [4.78, 5) is 71.3. The van der Waals surface area contributed by atoms with Crippen LogP contribution in [0.25, 0.3) is 0 Å². The fourth-order valence-corrected chi connectivity index (χ4v) is 8.92. The second-order valence-corrected chi connectivity index (χ2v) is 16.2. The maximum absolute atomic E-state index is 14.3. The lowest BCUT2D eigenvalue weighted by atomic mass is 9.83. The van der Waals surface area contributed by atoms with E-state index < -0.39 is 35.9 Å². The number of amides is 2. The molecule has 2 aliphatic rings. The van der Waals surface area contributed by atoms with Crippen LogP contribution in [0.15, 0.2) is 30.3 Å². The number of likely N-dealkylation sites (tertiary alicyclic amines) is 1. The first-order chi connectivity index (χ1) is 25.2. The van der Waals surface area contributed by atoms with Gasteiger partial charge in [0.25, 0.3) is 0 Å². The lowest BCUT2D eigenvalue weighted by Crippen LogP contribution is -2.54. The Balaban J connectivity index is 1.79. The van der Waals surface area contributed by atoms with Gasteiger partial charge in [-0.25, -0.2) is 0 Å². The van der Waals surface area contributed by atoms with E-state index in [1.807, 2.05) is 58.0 Å². The summed E-state index contributed by atoms with van der Waals surface area (Å²) in [5.74, 6) is -3.23. The van der Waals surface area contributed by atoms with Crippen molar-refractivity contribution in [1.29, 1.82) is 0 Å². The van der Waals surface area contributed by atoms with Crippen molar-refractivity contribution in [2.24, 2.45) is 35.5 Å². The molecule has 0 spiro atoms. The number of nitrogens with one attached hydrogen (secondary N) is 1. The summed E-state index contributed by atoms with van der Waals surface area (Å²) in [5.41, 5.74) is 0.855. The number of benzene rings is 1. The number of ketones is 2. The number of rotatable bonds is 22. The van der Waals surface area contributed by atoms with Crippen molar-refractivity contribution in [1.82, 2.24) is 15.1 Å². The van der Waals surface area contributed by atoms with Crippen molar-refractivity contribution in [2.75, 3.05) is 34.9 Å². The zero-order valence-corrected chi connectivity index (χ0v) is 33.7. The third kappa shape index (κ3) is 11.7. The Hall–Kier alpha value is -3.15. The van der Waals surface area contributed by atoms with Gasteiger partial charge in [0.15, 0.2) is 5.78 Å². The van der Waals surface area contributed by atoms with Crippen LogP contribution in [0, 0.1) is 35.5 Å². The van der Waals surface area contributed by atoms with Crippen LogP contribution in [0.5, 0.6) is 0 Å². The molecular weight excluding hydrogens is 674 g/mol. The minimum absolute atomic E-state index is 0.0222. The van der Waals surface area contributed by atoms with E-state index in [2.05, 4.69) is 5.32 Å². The topological polar surface area (TPSA) is 143 Å². The van der Waals surface area contributed by atoms with Crippen molar-refractivity contribution >= 4 is 29.4 Å². The van der Waals surface area contributed by atoms with E-state index in [0.29, 0.717) is 13.0 Å². The number of hydrogen-bond donors (Lipinski definition) is 2. The number of likely N-dealkylation sites (N-methyl/N-ethyl adjacent to an activating group) is 2. The number of carbonyl (C=O) groups is 5. The zero-order valence-electron chi connectivity index (χ0n) is 33.7. The van der Waals surface area contributed by atoms with Crippen LogP contribution in [0.4, 0.5) is 0 Å². The molecule has 2 N–H and O–H groups in total. The molecule has 0 aromatic heterocycles. The summed E-state index contributed by atoms with van der Waals surface area (Å²) in [6, 6.07) is 8.25. The molecular formula is C42H67N3O8. The average Bonchev–Trinajstić information content (AvgIpc) is 3.84. The molecule has 1 aliphatic heterocycles. The van der Waals surface area contributed by atoms with E-state index in [1.54, 1.807) is 45.0 Å². The Morgan fingerprint density at radius 3 is 2.04 bits per heavy atom. The molecule has 2 amide bonds. The second kappa shape index (κ2) is 21.1. The highest BCUT2D eigenvalue weighted by atomic mass is 16.5. The summed E-state index contributed by atoms with van der Waals surface area (Å²) >= 11 is 0. The highest BCUT2D eigenvalue weighted by Gasteiger charge is 2.44. The predicted octanol–water partition coefficient (Wildman–Crippen LogP) is 5.43. The SMILES string of the molecule is CN[C@H](C(=O)C[C@H](C(=O)N(C)[C@@H](C1CCCC1)[C@@H](CC(=O)N1CCC[C@H]1[C@H](OC)[C@@H](C)C(=O)C[C@@H](Cc1ccccc1)C(=O)O)OC)C(C)C)C(C)C. The average molecular weight is 742 g/mol. The molecule has 1 aromatic rings. The predicted molar refractivity (Wildman–Crippen MR) is 205 cm³/mol. The van der Waals surface area contributed by atoms with Crippen molar-refractivity contribution < 1.29 is 38.6 Å². The first-order valence-electron chi connectivity index (χ1n) is 19.8.